The van der Waals surface area contributed by atoms with Crippen LogP contribution in [0.5, 0.6) is 0 Å². The van der Waals surface area contributed by atoms with Gasteiger partial charge in [-0.3, -0.25) is 4.79 Å². The summed E-state index contributed by atoms with van der Waals surface area (Å²) < 4.78 is 5.39. The summed E-state index contributed by atoms with van der Waals surface area (Å²) >= 11 is 3.39. The predicted molar refractivity (Wildman–Crippen MR) is 68.0 cm³/mol. The Morgan fingerprint density at radius 3 is 2.62 bits per heavy atom. The molecule has 3 nitrogen and oxygen atoms in total. The van der Waals surface area contributed by atoms with Crippen molar-refractivity contribution in [3.8, 4) is 0 Å². The van der Waals surface area contributed by atoms with E-state index >= 15 is 0 Å². The number of nitrogens with one attached hydrogen (secondary N) is 1. The van der Waals surface area contributed by atoms with Crippen LogP contribution in [0.3, 0.4) is 0 Å². The van der Waals surface area contributed by atoms with E-state index in [4.69, 9.17) is 4.42 Å². The van der Waals surface area contributed by atoms with Gasteiger partial charge in [-0.1, -0.05) is 36.7 Å². The lowest BCUT2D eigenvalue weighted by atomic mass is 10.1. The second-order valence-electron chi connectivity index (χ2n) is 4.10. The van der Waals surface area contributed by atoms with E-state index in [0.29, 0.717) is 11.7 Å². The largest absolute Gasteiger partial charge is 0.456 e. The Kier molecular flexibility index (Phi) is 5.06. The van der Waals surface area contributed by atoms with Gasteiger partial charge in [0.15, 0.2) is 5.76 Å². The highest BCUT2D eigenvalue weighted by atomic mass is 79.9. The third kappa shape index (κ3) is 3.37. The first-order valence-corrected chi connectivity index (χ1v) is 6.66. The molecular formula is C12H18BrNO2. The highest BCUT2D eigenvalue weighted by molar-refractivity contribution is 9.09. The first-order chi connectivity index (χ1) is 7.58. The van der Waals surface area contributed by atoms with Crippen molar-refractivity contribution in [2.75, 3.05) is 5.33 Å². The van der Waals surface area contributed by atoms with E-state index in [2.05, 4.69) is 35.1 Å². The minimum Gasteiger partial charge on any atom is -0.456 e. The Bertz CT molecular complexity index is 347. The summed E-state index contributed by atoms with van der Waals surface area (Å²) in [7, 11) is 0. The maximum atomic E-state index is 11.8. The van der Waals surface area contributed by atoms with Crippen molar-refractivity contribution < 1.29 is 9.21 Å². The Hall–Kier alpha value is -0.770. The van der Waals surface area contributed by atoms with E-state index in [1.807, 2.05) is 13.0 Å². The summed E-state index contributed by atoms with van der Waals surface area (Å²) in [5, 5.41) is 3.69. The number of carbonyl (C=O) groups is 1. The monoisotopic (exact) mass is 287 g/mol. The number of amides is 1. The Morgan fingerprint density at radius 1 is 1.50 bits per heavy atom. The molecule has 0 aliphatic heterocycles. The van der Waals surface area contributed by atoms with Crippen molar-refractivity contribution in [3.63, 3.8) is 0 Å². The lowest BCUT2D eigenvalue weighted by Gasteiger charge is -2.18. The van der Waals surface area contributed by atoms with Gasteiger partial charge in [0.25, 0.3) is 5.91 Å². The van der Waals surface area contributed by atoms with Gasteiger partial charge in [-0.25, -0.2) is 0 Å². The fraction of sp³-hybridized carbons (Fsp3) is 0.583. The molecule has 0 radical (unpaired) electrons. The zero-order chi connectivity index (χ0) is 12.1. The van der Waals surface area contributed by atoms with Gasteiger partial charge in [0, 0.05) is 17.8 Å². The SMILES string of the molecule is CCc1ccc(C(=O)NC(CBr)C(C)C)o1. The summed E-state index contributed by atoms with van der Waals surface area (Å²) in [5.41, 5.74) is 0. The van der Waals surface area contributed by atoms with Crippen LogP contribution in [-0.2, 0) is 6.42 Å². The summed E-state index contributed by atoms with van der Waals surface area (Å²) in [5.74, 6) is 1.48. The van der Waals surface area contributed by atoms with E-state index in [0.717, 1.165) is 17.5 Å². The van der Waals surface area contributed by atoms with Gasteiger partial charge >= 0.3 is 0 Å². The molecule has 0 aliphatic carbocycles. The molecule has 0 aromatic carbocycles. The van der Waals surface area contributed by atoms with Crippen LogP contribution in [0.2, 0.25) is 0 Å². The molecule has 0 saturated heterocycles. The number of aryl methyl sites for hydroxylation is 1. The Labute approximate surface area is 105 Å². The van der Waals surface area contributed by atoms with E-state index in [1.165, 1.54) is 0 Å². The number of halogens is 1. The number of carbonyl (C=O) groups excluding carboxylic acids is 1. The topological polar surface area (TPSA) is 42.2 Å². The number of hydrogen-bond acceptors (Lipinski definition) is 2. The summed E-state index contributed by atoms with van der Waals surface area (Å²) in [4.78, 5) is 11.8. The molecule has 1 amide bonds. The fourth-order valence-electron chi connectivity index (χ4n) is 1.31. The van der Waals surface area contributed by atoms with Gasteiger partial charge in [0.05, 0.1) is 0 Å². The predicted octanol–water partition coefficient (Wildman–Crippen LogP) is 2.99. The molecular weight excluding hydrogens is 270 g/mol. The quantitative estimate of drug-likeness (QED) is 0.846. The highest BCUT2D eigenvalue weighted by Gasteiger charge is 2.17. The lowest BCUT2D eigenvalue weighted by molar-refractivity contribution is 0.0902. The third-order valence-corrected chi connectivity index (χ3v) is 3.22. The van der Waals surface area contributed by atoms with Crippen LogP contribution in [0, 0.1) is 5.92 Å². The first-order valence-electron chi connectivity index (χ1n) is 5.54. The average Bonchev–Trinajstić information content (AvgIpc) is 2.73. The van der Waals surface area contributed by atoms with E-state index in [1.54, 1.807) is 6.07 Å². The van der Waals surface area contributed by atoms with Crippen molar-refractivity contribution >= 4 is 21.8 Å². The normalized spacial score (nSPS) is 12.8. The van der Waals surface area contributed by atoms with Crippen LogP contribution in [0.15, 0.2) is 16.5 Å². The number of hydrogen-bond donors (Lipinski definition) is 1. The molecule has 1 aromatic rings. The third-order valence-electron chi connectivity index (χ3n) is 2.52. The molecule has 1 heterocycles. The van der Waals surface area contributed by atoms with Crippen molar-refractivity contribution in [1.29, 1.82) is 0 Å². The van der Waals surface area contributed by atoms with Gasteiger partial charge in [0.2, 0.25) is 0 Å². The van der Waals surface area contributed by atoms with Gasteiger partial charge in [-0.05, 0) is 18.1 Å². The van der Waals surface area contributed by atoms with Crippen LogP contribution in [-0.4, -0.2) is 17.3 Å². The zero-order valence-corrected chi connectivity index (χ0v) is 11.5. The van der Waals surface area contributed by atoms with Crippen LogP contribution < -0.4 is 5.32 Å². The van der Waals surface area contributed by atoms with Crippen LogP contribution in [0.25, 0.3) is 0 Å². The first kappa shape index (κ1) is 13.3. The Balaban J connectivity index is 2.64. The lowest BCUT2D eigenvalue weighted by Crippen LogP contribution is -2.39. The smallest absolute Gasteiger partial charge is 0.287 e. The standard InChI is InChI=1S/C12H18BrNO2/c1-4-9-5-6-11(16-9)12(15)14-10(7-13)8(2)3/h5-6,8,10H,4,7H2,1-3H3,(H,14,15). The molecule has 90 valence electrons. The van der Waals surface area contributed by atoms with Crippen LogP contribution >= 0.6 is 15.9 Å². The molecule has 0 fully saturated rings. The van der Waals surface area contributed by atoms with Crippen molar-refractivity contribution in [2.24, 2.45) is 5.92 Å². The molecule has 4 heteroatoms. The molecule has 1 atom stereocenters. The number of rotatable bonds is 5. The van der Waals surface area contributed by atoms with Crippen LogP contribution in [0.1, 0.15) is 37.1 Å². The van der Waals surface area contributed by atoms with Gasteiger partial charge in [-0.15, -0.1) is 0 Å². The minimum atomic E-state index is -0.141. The Morgan fingerprint density at radius 2 is 2.19 bits per heavy atom. The summed E-state index contributed by atoms with van der Waals surface area (Å²) in [6.07, 6.45) is 0.805. The maximum absolute atomic E-state index is 11.8. The molecule has 1 unspecified atom stereocenters. The van der Waals surface area contributed by atoms with E-state index < -0.39 is 0 Å². The second kappa shape index (κ2) is 6.09. The average molecular weight is 288 g/mol. The van der Waals surface area contributed by atoms with Crippen molar-refractivity contribution in [1.82, 2.24) is 5.32 Å². The molecule has 1 aromatic heterocycles. The second-order valence-corrected chi connectivity index (χ2v) is 4.75. The van der Waals surface area contributed by atoms with Gasteiger partial charge in [0.1, 0.15) is 5.76 Å². The van der Waals surface area contributed by atoms with Gasteiger partial charge < -0.3 is 9.73 Å². The highest BCUT2D eigenvalue weighted by Crippen LogP contribution is 2.10. The molecule has 1 N–H and O–H groups in total. The number of alkyl halides is 1. The molecule has 0 spiro atoms. The van der Waals surface area contributed by atoms with Crippen molar-refractivity contribution in [3.05, 3.63) is 23.7 Å². The molecule has 0 bridgehead atoms. The number of furan rings is 1. The molecule has 16 heavy (non-hydrogen) atoms. The fourth-order valence-corrected chi connectivity index (χ4v) is 2.22. The van der Waals surface area contributed by atoms with E-state index in [9.17, 15) is 4.79 Å². The maximum Gasteiger partial charge on any atom is 0.287 e. The zero-order valence-electron chi connectivity index (χ0n) is 9.92. The van der Waals surface area contributed by atoms with Crippen LogP contribution in [0.4, 0.5) is 0 Å². The summed E-state index contributed by atoms with van der Waals surface area (Å²) in [6.45, 7) is 6.15. The summed E-state index contributed by atoms with van der Waals surface area (Å²) in [6, 6.07) is 3.69. The minimum absolute atomic E-state index is 0.127. The van der Waals surface area contributed by atoms with Crippen molar-refractivity contribution in [2.45, 2.75) is 33.2 Å². The molecule has 0 saturated carbocycles. The van der Waals surface area contributed by atoms with Gasteiger partial charge in [-0.2, -0.15) is 0 Å². The van der Waals surface area contributed by atoms with E-state index in [-0.39, 0.29) is 11.9 Å². The molecule has 1 rings (SSSR count). The molecule has 0 aliphatic rings.